The van der Waals surface area contributed by atoms with Crippen molar-refractivity contribution in [2.45, 2.75) is 20.4 Å². The fourth-order valence-electron chi connectivity index (χ4n) is 4.52. The molecule has 0 aliphatic rings. The molecule has 0 aliphatic heterocycles. The van der Waals surface area contributed by atoms with E-state index in [1.165, 1.54) is 7.11 Å². The first-order chi connectivity index (χ1) is 18.4. The average Bonchev–Trinajstić information content (AvgIpc) is 3.29. The van der Waals surface area contributed by atoms with Gasteiger partial charge in [0, 0.05) is 12.1 Å². The van der Waals surface area contributed by atoms with Crippen LogP contribution in [0.1, 0.15) is 38.4 Å². The van der Waals surface area contributed by atoms with Gasteiger partial charge in [-0.15, -0.1) is 0 Å². The van der Waals surface area contributed by atoms with E-state index < -0.39 is 0 Å². The maximum Gasteiger partial charge on any atom is 0.337 e. The van der Waals surface area contributed by atoms with Crippen LogP contribution in [0.2, 0.25) is 0 Å². The van der Waals surface area contributed by atoms with E-state index in [-0.39, 0.29) is 5.97 Å². The smallest absolute Gasteiger partial charge is 0.337 e. The first-order valence-electron chi connectivity index (χ1n) is 12.1. The van der Waals surface area contributed by atoms with Gasteiger partial charge >= 0.3 is 5.97 Å². The van der Waals surface area contributed by atoms with Crippen molar-refractivity contribution in [3.05, 3.63) is 76.1 Å². The number of carbonyl (C=O) groups excluding carboxylic acids is 1. The van der Waals surface area contributed by atoms with Gasteiger partial charge in [-0.25, -0.2) is 9.78 Å². The fourth-order valence-corrected chi connectivity index (χ4v) is 4.52. The normalized spacial score (nSPS) is 11.1. The quantitative estimate of drug-likeness (QED) is 0.264. The lowest BCUT2D eigenvalue weighted by molar-refractivity contribution is 0.0600. The first kappa shape index (κ1) is 26.6. The lowest BCUT2D eigenvalue weighted by Gasteiger charge is -2.16. The van der Waals surface area contributed by atoms with E-state index in [0.717, 1.165) is 33.5 Å². The van der Waals surface area contributed by atoms with E-state index in [0.29, 0.717) is 40.7 Å². The summed E-state index contributed by atoms with van der Waals surface area (Å²) in [6.45, 7) is 4.50. The SMILES string of the molecule is COC(=O)c1ccc(Cn2c(C=Cc3ccc(OC)c(OC)c3)nc3c(OC)c(C)c(C)c(OC)c32)cc1. The molecule has 0 atom stereocenters. The van der Waals surface area contributed by atoms with Crippen molar-refractivity contribution in [3.63, 3.8) is 0 Å². The van der Waals surface area contributed by atoms with Crippen molar-refractivity contribution in [1.29, 1.82) is 0 Å². The van der Waals surface area contributed by atoms with Crippen LogP contribution < -0.4 is 18.9 Å². The third-order valence-corrected chi connectivity index (χ3v) is 6.63. The van der Waals surface area contributed by atoms with Crippen LogP contribution in [0.3, 0.4) is 0 Å². The van der Waals surface area contributed by atoms with Gasteiger partial charge in [-0.2, -0.15) is 0 Å². The number of methoxy groups -OCH3 is 5. The lowest BCUT2D eigenvalue weighted by Crippen LogP contribution is -2.06. The molecule has 4 rings (SSSR count). The van der Waals surface area contributed by atoms with Crippen molar-refractivity contribution in [2.75, 3.05) is 35.5 Å². The summed E-state index contributed by atoms with van der Waals surface area (Å²) in [4.78, 5) is 16.9. The highest BCUT2D eigenvalue weighted by Gasteiger charge is 2.23. The summed E-state index contributed by atoms with van der Waals surface area (Å²) in [5.41, 5.74) is 5.90. The van der Waals surface area contributed by atoms with Crippen LogP contribution in [0, 0.1) is 13.8 Å². The molecule has 0 unspecified atom stereocenters. The number of benzene rings is 3. The van der Waals surface area contributed by atoms with E-state index in [9.17, 15) is 4.79 Å². The van der Waals surface area contributed by atoms with Crippen molar-refractivity contribution >= 4 is 29.2 Å². The number of nitrogens with zero attached hydrogens (tertiary/aromatic N) is 2. The molecule has 0 fully saturated rings. The Bertz CT molecular complexity index is 1500. The highest BCUT2D eigenvalue weighted by atomic mass is 16.5. The van der Waals surface area contributed by atoms with Crippen molar-refractivity contribution < 1.29 is 28.5 Å². The summed E-state index contributed by atoms with van der Waals surface area (Å²) in [5, 5.41) is 0. The summed E-state index contributed by atoms with van der Waals surface area (Å²) in [5.74, 6) is 3.09. The molecule has 4 aromatic rings. The minimum atomic E-state index is -0.374. The number of hydrogen-bond acceptors (Lipinski definition) is 7. The number of rotatable bonds is 9. The molecule has 0 spiro atoms. The Morgan fingerprint density at radius 2 is 1.47 bits per heavy atom. The lowest BCUT2D eigenvalue weighted by atomic mass is 10.1. The second-order valence-corrected chi connectivity index (χ2v) is 8.71. The number of esters is 1. The van der Waals surface area contributed by atoms with Gasteiger partial charge in [-0.05, 0) is 60.9 Å². The minimum Gasteiger partial charge on any atom is -0.494 e. The van der Waals surface area contributed by atoms with E-state index in [1.54, 1.807) is 40.6 Å². The molecule has 38 heavy (non-hydrogen) atoms. The topological polar surface area (TPSA) is 81.0 Å². The molecule has 0 N–H and O–H groups in total. The summed E-state index contributed by atoms with van der Waals surface area (Å²) in [6.07, 6.45) is 3.92. The molecule has 0 amide bonds. The predicted molar refractivity (Wildman–Crippen MR) is 148 cm³/mol. The Hall–Kier alpha value is -4.46. The van der Waals surface area contributed by atoms with E-state index in [4.69, 9.17) is 28.7 Å². The van der Waals surface area contributed by atoms with E-state index >= 15 is 0 Å². The molecule has 0 aliphatic carbocycles. The predicted octanol–water partition coefficient (Wildman–Crippen LogP) is 5.69. The molecule has 0 radical (unpaired) electrons. The highest BCUT2D eigenvalue weighted by molar-refractivity contribution is 5.93. The molecule has 0 saturated carbocycles. The van der Waals surface area contributed by atoms with Gasteiger partial charge in [0.2, 0.25) is 0 Å². The molecule has 3 aromatic carbocycles. The molecule has 1 heterocycles. The number of fused-ring (bicyclic) bond motifs is 1. The molecular weight excluding hydrogens is 484 g/mol. The number of ether oxygens (including phenoxy) is 5. The Balaban J connectivity index is 1.88. The third kappa shape index (κ3) is 4.89. The Morgan fingerprint density at radius 3 is 2.08 bits per heavy atom. The van der Waals surface area contributed by atoms with Crippen LogP contribution in [0.25, 0.3) is 23.2 Å². The maximum absolute atomic E-state index is 11.9. The molecular formula is C30H32N2O6. The van der Waals surface area contributed by atoms with Crippen LogP contribution in [0.5, 0.6) is 23.0 Å². The molecule has 0 bridgehead atoms. The second-order valence-electron chi connectivity index (χ2n) is 8.71. The summed E-state index contributed by atoms with van der Waals surface area (Å²) in [6, 6.07) is 13.0. The van der Waals surface area contributed by atoms with Crippen molar-refractivity contribution in [1.82, 2.24) is 9.55 Å². The zero-order valence-electron chi connectivity index (χ0n) is 22.7. The van der Waals surface area contributed by atoms with Crippen molar-refractivity contribution in [3.8, 4) is 23.0 Å². The third-order valence-electron chi connectivity index (χ3n) is 6.63. The van der Waals surface area contributed by atoms with Crippen LogP contribution in [0.15, 0.2) is 42.5 Å². The Kier molecular flexibility index (Phi) is 7.90. The monoisotopic (exact) mass is 516 g/mol. The average molecular weight is 517 g/mol. The van der Waals surface area contributed by atoms with E-state index in [1.807, 2.05) is 56.3 Å². The van der Waals surface area contributed by atoms with Crippen LogP contribution in [-0.2, 0) is 11.3 Å². The molecule has 8 nitrogen and oxygen atoms in total. The van der Waals surface area contributed by atoms with Gasteiger partial charge < -0.3 is 28.3 Å². The van der Waals surface area contributed by atoms with Crippen molar-refractivity contribution in [2.24, 2.45) is 0 Å². The molecule has 8 heteroatoms. The molecule has 1 aromatic heterocycles. The Morgan fingerprint density at radius 1 is 0.816 bits per heavy atom. The standard InChI is InChI=1S/C30H32N2O6/c1-18-19(2)29(37-6)27-26(28(18)36-5)31-25(15-11-20-10-14-23(34-3)24(16-20)35-4)32(27)17-21-8-12-22(13-9-21)30(33)38-7/h8-16H,17H2,1-7H3. The van der Waals surface area contributed by atoms with Crippen LogP contribution in [-0.4, -0.2) is 51.1 Å². The number of aromatic nitrogens is 2. The van der Waals surface area contributed by atoms with Gasteiger partial charge in [0.1, 0.15) is 28.4 Å². The van der Waals surface area contributed by atoms with Gasteiger partial charge in [0.25, 0.3) is 0 Å². The number of carbonyl (C=O) groups is 1. The second kappa shape index (κ2) is 11.3. The summed E-state index contributed by atoms with van der Waals surface area (Å²) >= 11 is 0. The fraction of sp³-hybridized carbons (Fsp3) is 0.267. The zero-order valence-corrected chi connectivity index (χ0v) is 22.7. The van der Waals surface area contributed by atoms with Gasteiger partial charge in [0.05, 0.1) is 41.1 Å². The molecule has 0 saturated heterocycles. The summed E-state index contributed by atoms with van der Waals surface area (Å²) < 4.78 is 29.4. The zero-order chi connectivity index (χ0) is 27.4. The van der Waals surface area contributed by atoms with Gasteiger partial charge in [-0.3, -0.25) is 0 Å². The largest absolute Gasteiger partial charge is 0.494 e. The summed E-state index contributed by atoms with van der Waals surface area (Å²) in [7, 11) is 7.90. The minimum absolute atomic E-state index is 0.374. The number of hydrogen-bond donors (Lipinski definition) is 0. The maximum atomic E-state index is 11.9. The van der Waals surface area contributed by atoms with E-state index in [2.05, 4.69) is 4.57 Å². The highest BCUT2D eigenvalue weighted by Crippen LogP contribution is 2.41. The van der Waals surface area contributed by atoms with Crippen LogP contribution >= 0.6 is 0 Å². The van der Waals surface area contributed by atoms with Gasteiger partial charge in [-0.1, -0.05) is 24.3 Å². The first-order valence-corrected chi connectivity index (χ1v) is 12.1. The van der Waals surface area contributed by atoms with Gasteiger partial charge in [0.15, 0.2) is 11.5 Å². The van der Waals surface area contributed by atoms with Crippen LogP contribution in [0.4, 0.5) is 0 Å². The molecule has 198 valence electrons. The number of imidazole rings is 1. The Labute approximate surface area is 222 Å².